The molecule has 0 spiro atoms. The van der Waals surface area contributed by atoms with Gasteiger partial charge in [0.25, 0.3) is 5.91 Å². The second kappa shape index (κ2) is 6.84. The van der Waals surface area contributed by atoms with Gasteiger partial charge < -0.3 is 5.32 Å². The smallest absolute Gasteiger partial charge is 0.271 e. The van der Waals surface area contributed by atoms with Crippen molar-refractivity contribution in [1.82, 2.24) is 0 Å². The van der Waals surface area contributed by atoms with Crippen molar-refractivity contribution in [2.75, 3.05) is 10.3 Å². The molecule has 2 aromatic carbocycles. The van der Waals surface area contributed by atoms with Crippen molar-refractivity contribution in [2.24, 2.45) is 5.10 Å². The monoisotopic (exact) mass is 341 g/mol. The Morgan fingerprint density at radius 1 is 1.12 bits per heavy atom. The molecule has 0 aliphatic carbocycles. The summed E-state index contributed by atoms with van der Waals surface area (Å²) >= 11 is 5.83. The zero-order chi connectivity index (χ0) is 17.1. The summed E-state index contributed by atoms with van der Waals surface area (Å²) in [7, 11) is 0. The van der Waals surface area contributed by atoms with Gasteiger partial charge in [-0.2, -0.15) is 5.10 Å². The normalized spacial score (nSPS) is 14.3. The van der Waals surface area contributed by atoms with Gasteiger partial charge in [-0.3, -0.25) is 9.59 Å². The van der Waals surface area contributed by atoms with Crippen LogP contribution in [0.1, 0.15) is 18.4 Å². The van der Waals surface area contributed by atoms with E-state index in [0.29, 0.717) is 28.5 Å². The Kier molecular flexibility index (Phi) is 4.62. The molecule has 0 unspecified atom stereocenters. The number of aryl methyl sites for hydroxylation is 1. The molecule has 24 heavy (non-hydrogen) atoms. The minimum absolute atomic E-state index is 0.118. The molecule has 0 saturated carbocycles. The van der Waals surface area contributed by atoms with E-state index in [1.165, 1.54) is 5.01 Å². The predicted octanol–water partition coefficient (Wildman–Crippen LogP) is 3.77. The van der Waals surface area contributed by atoms with Crippen LogP contribution in [0, 0.1) is 6.92 Å². The number of halogens is 1. The third-order valence-corrected chi connectivity index (χ3v) is 3.99. The third kappa shape index (κ3) is 3.46. The molecule has 1 aliphatic rings. The quantitative estimate of drug-likeness (QED) is 0.923. The summed E-state index contributed by atoms with van der Waals surface area (Å²) in [5.74, 6) is -0.434. The molecular weight excluding hydrogens is 326 g/mol. The van der Waals surface area contributed by atoms with Crippen LogP contribution >= 0.6 is 11.6 Å². The molecule has 1 N–H and O–H groups in total. The number of amides is 2. The highest BCUT2D eigenvalue weighted by Crippen LogP contribution is 2.24. The third-order valence-electron chi connectivity index (χ3n) is 3.74. The van der Waals surface area contributed by atoms with Crippen LogP contribution in [-0.2, 0) is 9.59 Å². The number of hydrazone groups is 1. The Morgan fingerprint density at radius 2 is 1.83 bits per heavy atom. The Bertz CT molecular complexity index is 815. The van der Waals surface area contributed by atoms with E-state index < -0.39 is 0 Å². The van der Waals surface area contributed by atoms with E-state index in [1.54, 1.807) is 24.3 Å². The van der Waals surface area contributed by atoms with Gasteiger partial charge in [-0.1, -0.05) is 29.8 Å². The zero-order valence-electron chi connectivity index (χ0n) is 13.1. The summed E-state index contributed by atoms with van der Waals surface area (Å²) < 4.78 is 0. The number of hydrogen-bond donors (Lipinski definition) is 1. The molecule has 0 atom stereocenters. The van der Waals surface area contributed by atoms with E-state index in [9.17, 15) is 9.59 Å². The maximum atomic E-state index is 12.4. The Labute approximate surface area is 144 Å². The number of carbonyl (C=O) groups excluding carboxylic acids is 2. The lowest BCUT2D eigenvalue weighted by molar-refractivity contribution is -0.118. The summed E-state index contributed by atoms with van der Waals surface area (Å²) in [6.07, 6.45) is 0.571. The summed E-state index contributed by atoms with van der Waals surface area (Å²) in [4.78, 5) is 24.6. The van der Waals surface area contributed by atoms with E-state index in [1.807, 2.05) is 31.2 Å². The van der Waals surface area contributed by atoms with Gasteiger partial charge in [-0.05, 0) is 42.8 Å². The largest absolute Gasteiger partial charge is 0.321 e. The average Bonchev–Trinajstić information content (AvgIpc) is 2.58. The molecule has 1 aliphatic heterocycles. The molecule has 5 nitrogen and oxygen atoms in total. The summed E-state index contributed by atoms with van der Waals surface area (Å²) in [5.41, 5.74) is 2.58. The molecule has 0 saturated heterocycles. The first kappa shape index (κ1) is 16.2. The number of nitrogens with one attached hydrogen (secondary N) is 1. The highest BCUT2D eigenvalue weighted by Gasteiger charge is 2.26. The Morgan fingerprint density at radius 3 is 2.54 bits per heavy atom. The van der Waals surface area contributed by atoms with E-state index in [-0.39, 0.29) is 18.2 Å². The number of anilines is 2. The summed E-state index contributed by atoms with van der Waals surface area (Å²) in [5, 5.41) is 8.96. The van der Waals surface area contributed by atoms with Crippen molar-refractivity contribution >= 4 is 40.5 Å². The first-order chi connectivity index (χ1) is 11.5. The van der Waals surface area contributed by atoms with Gasteiger partial charge in [0.1, 0.15) is 5.71 Å². The van der Waals surface area contributed by atoms with Crippen LogP contribution in [0.3, 0.4) is 0 Å². The highest BCUT2D eigenvalue weighted by atomic mass is 35.5. The lowest BCUT2D eigenvalue weighted by Crippen LogP contribution is -2.36. The maximum absolute atomic E-state index is 12.4. The fourth-order valence-corrected chi connectivity index (χ4v) is 2.57. The molecule has 0 fully saturated rings. The van der Waals surface area contributed by atoms with Crippen molar-refractivity contribution in [3.63, 3.8) is 0 Å². The molecular formula is C18H16ClN3O2. The number of rotatable bonds is 3. The predicted molar refractivity (Wildman–Crippen MR) is 95.4 cm³/mol. The molecule has 0 aromatic heterocycles. The number of benzene rings is 2. The van der Waals surface area contributed by atoms with Gasteiger partial charge >= 0.3 is 0 Å². The molecule has 6 heteroatoms. The fraction of sp³-hybridized carbons (Fsp3) is 0.167. The topological polar surface area (TPSA) is 61.8 Å². The number of hydrogen-bond acceptors (Lipinski definition) is 3. The molecule has 3 rings (SSSR count). The van der Waals surface area contributed by atoms with E-state index in [2.05, 4.69) is 10.4 Å². The first-order valence-electron chi connectivity index (χ1n) is 7.57. The molecule has 0 bridgehead atoms. The lowest BCUT2D eigenvalue weighted by Gasteiger charge is -2.24. The van der Waals surface area contributed by atoms with Crippen LogP contribution in [0.15, 0.2) is 53.6 Å². The SMILES string of the molecule is Cc1ccccc1N1N=C(C(=O)Nc2ccc(Cl)cc2)CCC1=O. The summed E-state index contributed by atoms with van der Waals surface area (Å²) in [6, 6.07) is 14.3. The molecule has 2 aromatic rings. The second-order valence-corrected chi connectivity index (χ2v) is 5.94. The van der Waals surface area contributed by atoms with E-state index in [4.69, 9.17) is 11.6 Å². The Balaban J connectivity index is 1.83. The molecule has 1 heterocycles. The highest BCUT2D eigenvalue weighted by molar-refractivity contribution is 6.44. The van der Waals surface area contributed by atoms with Gasteiger partial charge in [0.2, 0.25) is 5.91 Å². The maximum Gasteiger partial charge on any atom is 0.271 e. The van der Waals surface area contributed by atoms with Crippen LogP contribution < -0.4 is 10.3 Å². The molecule has 0 radical (unpaired) electrons. The second-order valence-electron chi connectivity index (χ2n) is 5.50. The minimum Gasteiger partial charge on any atom is -0.321 e. The van der Waals surface area contributed by atoms with E-state index in [0.717, 1.165) is 5.56 Å². The first-order valence-corrected chi connectivity index (χ1v) is 7.95. The van der Waals surface area contributed by atoms with Crippen molar-refractivity contribution in [3.8, 4) is 0 Å². The average molecular weight is 342 g/mol. The Hall–Kier alpha value is -2.66. The number of nitrogens with zero attached hydrogens (tertiary/aromatic N) is 2. The van der Waals surface area contributed by atoms with Crippen molar-refractivity contribution in [3.05, 3.63) is 59.1 Å². The van der Waals surface area contributed by atoms with Gasteiger partial charge in [-0.15, -0.1) is 0 Å². The van der Waals surface area contributed by atoms with Crippen molar-refractivity contribution in [1.29, 1.82) is 0 Å². The molecule has 2 amide bonds. The number of carbonyl (C=O) groups is 2. The van der Waals surface area contributed by atoms with Crippen LogP contribution in [0.25, 0.3) is 0 Å². The van der Waals surface area contributed by atoms with Crippen LogP contribution in [0.2, 0.25) is 5.02 Å². The standard InChI is InChI=1S/C18H16ClN3O2/c1-12-4-2-3-5-16(12)22-17(23)11-10-15(21-22)18(24)20-14-8-6-13(19)7-9-14/h2-9H,10-11H2,1H3,(H,20,24). The van der Waals surface area contributed by atoms with Gasteiger partial charge in [-0.25, -0.2) is 5.01 Å². The van der Waals surface area contributed by atoms with Crippen molar-refractivity contribution < 1.29 is 9.59 Å². The van der Waals surface area contributed by atoms with Crippen LogP contribution in [-0.4, -0.2) is 17.5 Å². The van der Waals surface area contributed by atoms with E-state index >= 15 is 0 Å². The fourth-order valence-electron chi connectivity index (χ4n) is 2.44. The molecule has 122 valence electrons. The van der Waals surface area contributed by atoms with Gasteiger partial charge in [0, 0.05) is 23.6 Å². The van der Waals surface area contributed by atoms with Crippen LogP contribution in [0.5, 0.6) is 0 Å². The summed E-state index contributed by atoms with van der Waals surface area (Å²) in [6.45, 7) is 1.90. The van der Waals surface area contributed by atoms with Gasteiger partial charge in [0.15, 0.2) is 0 Å². The van der Waals surface area contributed by atoms with Crippen LogP contribution in [0.4, 0.5) is 11.4 Å². The van der Waals surface area contributed by atoms with Crippen molar-refractivity contribution in [2.45, 2.75) is 19.8 Å². The lowest BCUT2D eigenvalue weighted by atomic mass is 10.1. The van der Waals surface area contributed by atoms with Gasteiger partial charge in [0.05, 0.1) is 5.69 Å². The number of para-hydroxylation sites is 1. The zero-order valence-corrected chi connectivity index (χ0v) is 13.9. The minimum atomic E-state index is -0.316.